The summed E-state index contributed by atoms with van der Waals surface area (Å²) in [7, 11) is 0. The van der Waals surface area contributed by atoms with E-state index < -0.39 is 0 Å². The molecule has 0 aliphatic heterocycles. The van der Waals surface area contributed by atoms with E-state index in [-0.39, 0.29) is 19.3 Å². The van der Waals surface area contributed by atoms with Crippen molar-refractivity contribution in [3.63, 3.8) is 0 Å². The number of benzene rings is 1. The highest BCUT2D eigenvalue weighted by Gasteiger charge is 1.92. The Bertz CT molecular complexity index is 245. The van der Waals surface area contributed by atoms with Crippen molar-refractivity contribution in [2.45, 2.75) is 20.0 Å². The van der Waals surface area contributed by atoms with Crippen molar-refractivity contribution < 1.29 is 19.7 Å². The average Bonchev–Trinajstić information content (AvgIpc) is 2.31. The van der Waals surface area contributed by atoms with Crippen LogP contribution in [-0.4, -0.2) is 42.7 Å². The first kappa shape index (κ1) is 15.9. The molecule has 0 unspecified atom stereocenters. The Morgan fingerprint density at radius 1 is 1.00 bits per heavy atom. The van der Waals surface area contributed by atoms with Crippen molar-refractivity contribution in [1.29, 1.82) is 0 Å². The minimum atomic E-state index is 0.0278. The monoisotopic (exact) mass is 242 g/mol. The second-order valence-electron chi connectivity index (χ2n) is 3.54. The molecule has 0 atom stereocenters. The Morgan fingerprint density at radius 3 is 1.94 bits per heavy atom. The predicted octanol–water partition coefficient (Wildman–Crippen LogP) is 1.46. The normalized spacial score (nSPS) is 9.71. The minimum Gasteiger partial charge on any atom is -0.491 e. The average molecular weight is 242 g/mol. The molecule has 0 aliphatic carbocycles. The molecule has 4 heteroatoms. The molecular formula is C13H22O4. The van der Waals surface area contributed by atoms with Gasteiger partial charge in [0.25, 0.3) is 0 Å². The van der Waals surface area contributed by atoms with Crippen LogP contribution in [-0.2, 0) is 4.74 Å². The number of hydrogen-bond acceptors (Lipinski definition) is 4. The number of para-hydroxylation sites is 1. The fourth-order valence-electron chi connectivity index (χ4n) is 1.00. The van der Waals surface area contributed by atoms with E-state index in [0.717, 1.165) is 5.75 Å². The molecule has 2 N–H and O–H groups in total. The van der Waals surface area contributed by atoms with Crippen LogP contribution in [0, 0.1) is 0 Å². The number of aliphatic hydroxyl groups is 2. The van der Waals surface area contributed by atoms with Crippen LogP contribution in [0.2, 0.25) is 0 Å². The maximum absolute atomic E-state index is 8.09. The zero-order valence-corrected chi connectivity index (χ0v) is 10.5. The number of ether oxygens (including phenoxy) is 2. The van der Waals surface area contributed by atoms with Crippen LogP contribution in [0.5, 0.6) is 5.75 Å². The van der Waals surface area contributed by atoms with Gasteiger partial charge in [0, 0.05) is 0 Å². The summed E-state index contributed by atoms with van der Waals surface area (Å²) in [5.41, 5.74) is 0. The first-order valence-corrected chi connectivity index (χ1v) is 5.72. The fourth-order valence-corrected chi connectivity index (χ4v) is 1.00. The zero-order chi connectivity index (χ0) is 12.9. The smallest absolute Gasteiger partial charge is 0.119 e. The predicted molar refractivity (Wildman–Crippen MR) is 67.2 cm³/mol. The first-order valence-electron chi connectivity index (χ1n) is 5.72. The van der Waals surface area contributed by atoms with Gasteiger partial charge in [0.1, 0.15) is 5.75 Å². The molecule has 4 nitrogen and oxygen atoms in total. The number of hydrogen-bond donors (Lipinski definition) is 2. The van der Waals surface area contributed by atoms with E-state index in [0.29, 0.717) is 13.2 Å². The summed E-state index contributed by atoms with van der Waals surface area (Å²) >= 11 is 0. The lowest BCUT2D eigenvalue weighted by molar-refractivity contribution is 0.0650. The standard InChI is InChI=1S/C9H12O.C4H10O3/c1-8(2)10-9-6-4-3-5-7-9;5-1-3-7-4-2-6/h3-8H,1-2H3;5-6H,1-4H2. The van der Waals surface area contributed by atoms with Gasteiger partial charge in [-0.05, 0) is 26.0 Å². The molecular weight excluding hydrogens is 220 g/mol. The van der Waals surface area contributed by atoms with Gasteiger partial charge in [0.2, 0.25) is 0 Å². The number of rotatable bonds is 6. The number of aliphatic hydroxyl groups excluding tert-OH is 2. The lowest BCUT2D eigenvalue weighted by atomic mass is 10.3. The lowest BCUT2D eigenvalue weighted by Gasteiger charge is -2.07. The van der Waals surface area contributed by atoms with Crippen LogP contribution in [0.1, 0.15) is 13.8 Å². The molecule has 0 aromatic heterocycles. The third-order valence-corrected chi connectivity index (χ3v) is 1.59. The summed E-state index contributed by atoms with van der Waals surface area (Å²) in [6, 6.07) is 9.84. The summed E-state index contributed by atoms with van der Waals surface area (Å²) < 4.78 is 10.0. The third-order valence-electron chi connectivity index (χ3n) is 1.59. The van der Waals surface area contributed by atoms with Crippen molar-refractivity contribution in [1.82, 2.24) is 0 Å². The molecule has 0 fully saturated rings. The maximum Gasteiger partial charge on any atom is 0.119 e. The van der Waals surface area contributed by atoms with Gasteiger partial charge in [-0.25, -0.2) is 0 Å². The summed E-state index contributed by atoms with van der Waals surface area (Å²) in [4.78, 5) is 0. The van der Waals surface area contributed by atoms with Gasteiger partial charge < -0.3 is 19.7 Å². The highest BCUT2D eigenvalue weighted by molar-refractivity contribution is 5.20. The van der Waals surface area contributed by atoms with Crippen LogP contribution in [0.4, 0.5) is 0 Å². The second kappa shape index (κ2) is 11.4. The lowest BCUT2D eigenvalue weighted by Crippen LogP contribution is -2.04. The largest absolute Gasteiger partial charge is 0.491 e. The molecule has 0 amide bonds. The van der Waals surface area contributed by atoms with E-state index in [2.05, 4.69) is 4.74 Å². The summed E-state index contributed by atoms with van der Waals surface area (Å²) in [5, 5.41) is 16.2. The quantitative estimate of drug-likeness (QED) is 0.741. The zero-order valence-electron chi connectivity index (χ0n) is 10.5. The Labute approximate surface area is 103 Å². The summed E-state index contributed by atoms with van der Waals surface area (Å²) in [5.74, 6) is 0.942. The topological polar surface area (TPSA) is 58.9 Å². The van der Waals surface area contributed by atoms with Crippen LogP contribution in [0.25, 0.3) is 0 Å². The van der Waals surface area contributed by atoms with Gasteiger partial charge in [-0.1, -0.05) is 18.2 Å². The van der Waals surface area contributed by atoms with Gasteiger partial charge in [0.05, 0.1) is 32.5 Å². The molecule has 0 saturated heterocycles. The van der Waals surface area contributed by atoms with E-state index in [1.165, 1.54) is 0 Å². The molecule has 1 aromatic rings. The van der Waals surface area contributed by atoms with E-state index in [9.17, 15) is 0 Å². The van der Waals surface area contributed by atoms with Gasteiger partial charge in [-0.15, -0.1) is 0 Å². The van der Waals surface area contributed by atoms with Crippen molar-refractivity contribution in [3.05, 3.63) is 30.3 Å². The van der Waals surface area contributed by atoms with Crippen molar-refractivity contribution in [2.75, 3.05) is 26.4 Å². The van der Waals surface area contributed by atoms with E-state index in [4.69, 9.17) is 14.9 Å². The van der Waals surface area contributed by atoms with Crippen LogP contribution in [0.3, 0.4) is 0 Å². The molecule has 0 spiro atoms. The van der Waals surface area contributed by atoms with Gasteiger partial charge >= 0.3 is 0 Å². The summed E-state index contributed by atoms with van der Waals surface area (Å²) in [6.07, 6.45) is 0.266. The van der Waals surface area contributed by atoms with Crippen LogP contribution < -0.4 is 4.74 Å². The van der Waals surface area contributed by atoms with Gasteiger partial charge in [0.15, 0.2) is 0 Å². The Morgan fingerprint density at radius 2 is 1.53 bits per heavy atom. The molecule has 1 aromatic carbocycles. The van der Waals surface area contributed by atoms with E-state index in [1.54, 1.807) is 0 Å². The Kier molecular flexibility index (Phi) is 10.7. The van der Waals surface area contributed by atoms with Gasteiger partial charge in [-0.2, -0.15) is 0 Å². The van der Waals surface area contributed by atoms with Crippen molar-refractivity contribution in [3.8, 4) is 5.75 Å². The second-order valence-corrected chi connectivity index (χ2v) is 3.54. The SMILES string of the molecule is CC(C)Oc1ccccc1.OCCOCCO. The molecule has 1 rings (SSSR count). The highest BCUT2D eigenvalue weighted by atomic mass is 16.5. The molecule has 17 heavy (non-hydrogen) atoms. The first-order chi connectivity index (χ1) is 8.20. The molecule has 0 bridgehead atoms. The van der Waals surface area contributed by atoms with Crippen LogP contribution >= 0.6 is 0 Å². The molecule has 0 saturated carbocycles. The third kappa shape index (κ3) is 11.2. The summed E-state index contributed by atoms with van der Waals surface area (Å²) in [6.45, 7) is 4.74. The van der Waals surface area contributed by atoms with Gasteiger partial charge in [-0.3, -0.25) is 0 Å². The van der Waals surface area contributed by atoms with E-state index >= 15 is 0 Å². The van der Waals surface area contributed by atoms with Crippen molar-refractivity contribution >= 4 is 0 Å². The molecule has 0 aliphatic rings. The molecule has 98 valence electrons. The maximum atomic E-state index is 8.09. The van der Waals surface area contributed by atoms with Crippen molar-refractivity contribution in [2.24, 2.45) is 0 Å². The van der Waals surface area contributed by atoms with Crippen LogP contribution in [0.15, 0.2) is 30.3 Å². The minimum absolute atomic E-state index is 0.0278. The van der Waals surface area contributed by atoms with E-state index in [1.807, 2.05) is 44.2 Å². The molecule has 0 radical (unpaired) electrons. The highest BCUT2D eigenvalue weighted by Crippen LogP contribution is 2.09. The molecule has 0 heterocycles. The fraction of sp³-hybridized carbons (Fsp3) is 0.538. The Hall–Kier alpha value is -1.10. The Balaban J connectivity index is 0.000000325.